The van der Waals surface area contributed by atoms with Gasteiger partial charge in [-0.25, -0.2) is 0 Å². The van der Waals surface area contributed by atoms with E-state index in [4.69, 9.17) is 5.11 Å². The third-order valence-corrected chi connectivity index (χ3v) is 3.40. The molecular formula is C13H19NO2S. The first-order valence-electron chi connectivity index (χ1n) is 5.77. The summed E-state index contributed by atoms with van der Waals surface area (Å²) >= 11 is 1.55. The van der Waals surface area contributed by atoms with Crippen LogP contribution in [0.25, 0.3) is 0 Å². The topological polar surface area (TPSA) is 49.3 Å². The highest BCUT2D eigenvalue weighted by Crippen LogP contribution is 2.11. The van der Waals surface area contributed by atoms with Crippen molar-refractivity contribution in [2.75, 3.05) is 18.1 Å². The Kier molecular flexibility index (Phi) is 6.74. The number of aliphatic hydroxyl groups is 1. The molecule has 1 atom stereocenters. The number of carbonyl (C=O) groups is 1. The van der Waals surface area contributed by atoms with Crippen molar-refractivity contribution in [2.45, 2.75) is 19.4 Å². The van der Waals surface area contributed by atoms with Gasteiger partial charge in [-0.15, -0.1) is 0 Å². The molecule has 17 heavy (non-hydrogen) atoms. The lowest BCUT2D eigenvalue weighted by Gasteiger charge is -2.13. The fourth-order valence-corrected chi connectivity index (χ4v) is 2.19. The molecule has 0 aliphatic rings. The van der Waals surface area contributed by atoms with Crippen LogP contribution in [0.4, 0.5) is 0 Å². The van der Waals surface area contributed by atoms with E-state index in [-0.39, 0.29) is 18.6 Å². The smallest absolute Gasteiger partial charge is 0.230 e. The summed E-state index contributed by atoms with van der Waals surface area (Å²) in [6.07, 6.45) is 0.742. The number of rotatable bonds is 7. The Morgan fingerprint density at radius 2 is 2.12 bits per heavy atom. The van der Waals surface area contributed by atoms with E-state index in [0.29, 0.717) is 5.75 Å². The van der Waals surface area contributed by atoms with Crippen LogP contribution < -0.4 is 5.32 Å². The number of hydrogen-bond acceptors (Lipinski definition) is 3. The summed E-state index contributed by atoms with van der Waals surface area (Å²) in [4.78, 5) is 11.6. The largest absolute Gasteiger partial charge is 0.396 e. The van der Waals surface area contributed by atoms with Crippen LogP contribution in [-0.2, 0) is 4.79 Å². The van der Waals surface area contributed by atoms with Crippen molar-refractivity contribution in [3.8, 4) is 0 Å². The third-order valence-electron chi connectivity index (χ3n) is 2.36. The zero-order chi connectivity index (χ0) is 12.5. The van der Waals surface area contributed by atoms with Crippen LogP contribution in [0.3, 0.4) is 0 Å². The SMILES string of the molecule is CC(NC(=O)CSCCCO)c1ccccc1. The van der Waals surface area contributed by atoms with Crippen LogP contribution in [0.2, 0.25) is 0 Å². The standard InChI is InChI=1S/C13H19NO2S/c1-11(12-6-3-2-4-7-12)14-13(16)10-17-9-5-8-15/h2-4,6-7,11,15H,5,8-10H2,1H3,(H,14,16). The molecule has 0 aliphatic carbocycles. The maximum absolute atomic E-state index is 11.6. The quantitative estimate of drug-likeness (QED) is 0.731. The zero-order valence-corrected chi connectivity index (χ0v) is 10.9. The minimum absolute atomic E-state index is 0.0436. The second-order valence-corrected chi connectivity index (χ2v) is 4.93. The van der Waals surface area contributed by atoms with Crippen LogP contribution in [0, 0.1) is 0 Å². The Morgan fingerprint density at radius 3 is 2.76 bits per heavy atom. The van der Waals surface area contributed by atoms with Gasteiger partial charge >= 0.3 is 0 Å². The molecule has 1 rings (SSSR count). The first kappa shape index (κ1) is 14.1. The Hall–Kier alpha value is -1.00. The molecule has 0 bridgehead atoms. The van der Waals surface area contributed by atoms with Gasteiger partial charge in [-0.05, 0) is 24.7 Å². The second-order valence-electron chi connectivity index (χ2n) is 3.83. The molecule has 0 spiro atoms. The van der Waals surface area contributed by atoms with Crippen molar-refractivity contribution in [3.05, 3.63) is 35.9 Å². The van der Waals surface area contributed by atoms with E-state index in [1.54, 1.807) is 11.8 Å². The predicted octanol–water partition coefficient (Wildman–Crippen LogP) is 1.98. The number of benzene rings is 1. The Bertz CT molecular complexity index is 329. The van der Waals surface area contributed by atoms with Crippen LogP contribution in [0.1, 0.15) is 24.9 Å². The van der Waals surface area contributed by atoms with E-state index >= 15 is 0 Å². The molecular weight excluding hydrogens is 234 g/mol. The molecule has 1 aromatic rings. The van der Waals surface area contributed by atoms with Crippen LogP contribution in [0.15, 0.2) is 30.3 Å². The van der Waals surface area contributed by atoms with Crippen molar-refractivity contribution in [1.82, 2.24) is 5.32 Å². The Balaban J connectivity index is 2.26. The highest BCUT2D eigenvalue weighted by molar-refractivity contribution is 7.99. The molecule has 0 heterocycles. The minimum atomic E-state index is 0.0436. The summed E-state index contributed by atoms with van der Waals surface area (Å²) in [5.41, 5.74) is 1.11. The van der Waals surface area contributed by atoms with E-state index < -0.39 is 0 Å². The summed E-state index contributed by atoms with van der Waals surface area (Å²) in [5, 5.41) is 11.6. The van der Waals surface area contributed by atoms with Gasteiger partial charge in [0.1, 0.15) is 0 Å². The number of carbonyl (C=O) groups excluding carboxylic acids is 1. The Labute approximate surface area is 107 Å². The fourth-order valence-electron chi connectivity index (χ4n) is 1.44. The van der Waals surface area contributed by atoms with E-state index in [9.17, 15) is 4.79 Å². The highest BCUT2D eigenvalue weighted by atomic mass is 32.2. The van der Waals surface area contributed by atoms with Gasteiger partial charge in [0, 0.05) is 6.61 Å². The molecule has 2 N–H and O–H groups in total. The monoisotopic (exact) mass is 253 g/mol. The number of nitrogens with one attached hydrogen (secondary N) is 1. The number of aliphatic hydroxyl groups excluding tert-OH is 1. The average Bonchev–Trinajstić information content (AvgIpc) is 2.36. The van der Waals surface area contributed by atoms with Crippen molar-refractivity contribution >= 4 is 17.7 Å². The maximum atomic E-state index is 11.6. The van der Waals surface area contributed by atoms with E-state index in [0.717, 1.165) is 17.7 Å². The molecule has 0 aromatic heterocycles. The van der Waals surface area contributed by atoms with Crippen molar-refractivity contribution in [1.29, 1.82) is 0 Å². The normalized spacial score (nSPS) is 12.1. The molecule has 1 unspecified atom stereocenters. The van der Waals surface area contributed by atoms with E-state index in [1.807, 2.05) is 37.3 Å². The van der Waals surface area contributed by atoms with Gasteiger partial charge in [0.05, 0.1) is 11.8 Å². The molecule has 4 heteroatoms. The van der Waals surface area contributed by atoms with Crippen molar-refractivity contribution < 1.29 is 9.90 Å². The molecule has 0 saturated heterocycles. The Morgan fingerprint density at radius 1 is 1.41 bits per heavy atom. The minimum Gasteiger partial charge on any atom is -0.396 e. The van der Waals surface area contributed by atoms with Crippen LogP contribution in [-0.4, -0.2) is 29.1 Å². The molecule has 1 aromatic carbocycles. The third kappa shape index (κ3) is 5.75. The second kappa shape index (κ2) is 8.14. The molecule has 3 nitrogen and oxygen atoms in total. The maximum Gasteiger partial charge on any atom is 0.230 e. The summed E-state index contributed by atoms with van der Waals surface area (Å²) in [7, 11) is 0. The first-order valence-corrected chi connectivity index (χ1v) is 6.92. The van der Waals surface area contributed by atoms with Gasteiger partial charge in [0.2, 0.25) is 5.91 Å². The van der Waals surface area contributed by atoms with Crippen LogP contribution >= 0.6 is 11.8 Å². The molecule has 0 radical (unpaired) electrons. The van der Waals surface area contributed by atoms with Gasteiger partial charge in [-0.3, -0.25) is 4.79 Å². The van der Waals surface area contributed by atoms with E-state index in [1.165, 1.54) is 0 Å². The van der Waals surface area contributed by atoms with Gasteiger partial charge in [-0.2, -0.15) is 11.8 Å². The first-order chi connectivity index (χ1) is 8.24. The predicted molar refractivity (Wildman–Crippen MR) is 72.0 cm³/mol. The molecule has 0 aliphatic heterocycles. The fraction of sp³-hybridized carbons (Fsp3) is 0.462. The highest BCUT2D eigenvalue weighted by Gasteiger charge is 2.08. The van der Waals surface area contributed by atoms with Gasteiger partial charge < -0.3 is 10.4 Å². The lowest BCUT2D eigenvalue weighted by atomic mass is 10.1. The molecule has 94 valence electrons. The molecule has 0 saturated carbocycles. The summed E-state index contributed by atoms with van der Waals surface area (Å²) in [5.74, 6) is 1.32. The van der Waals surface area contributed by atoms with Gasteiger partial charge in [0.25, 0.3) is 0 Å². The molecule has 0 fully saturated rings. The molecule has 1 amide bonds. The summed E-state index contributed by atoms with van der Waals surface area (Å²) < 4.78 is 0. The number of thioether (sulfide) groups is 1. The number of amides is 1. The van der Waals surface area contributed by atoms with Crippen molar-refractivity contribution in [3.63, 3.8) is 0 Å². The summed E-state index contributed by atoms with van der Waals surface area (Å²) in [6, 6.07) is 9.94. The summed E-state index contributed by atoms with van der Waals surface area (Å²) in [6.45, 7) is 2.17. The average molecular weight is 253 g/mol. The van der Waals surface area contributed by atoms with Crippen molar-refractivity contribution in [2.24, 2.45) is 0 Å². The van der Waals surface area contributed by atoms with Gasteiger partial charge in [-0.1, -0.05) is 30.3 Å². The number of hydrogen-bond donors (Lipinski definition) is 2. The van der Waals surface area contributed by atoms with Gasteiger partial charge in [0.15, 0.2) is 0 Å². The lowest BCUT2D eigenvalue weighted by Crippen LogP contribution is -2.28. The van der Waals surface area contributed by atoms with Crippen LogP contribution in [0.5, 0.6) is 0 Å². The lowest BCUT2D eigenvalue weighted by molar-refractivity contribution is -0.119. The zero-order valence-electron chi connectivity index (χ0n) is 10.1. The van der Waals surface area contributed by atoms with E-state index in [2.05, 4.69) is 5.32 Å².